The maximum Gasteiger partial charge on any atom is 0.212 e. The van der Waals surface area contributed by atoms with Crippen LogP contribution in [0.5, 0.6) is 5.88 Å². The van der Waals surface area contributed by atoms with E-state index in [0.717, 1.165) is 11.1 Å². The molecule has 0 N–H and O–H groups in total. The monoisotopic (exact) mass is 259 g/mol. The fourth-order valence-corrected chi connectivity index (χ4v) is 1.77. The first-order valence-corrected chi connectivity index (χ1v) is 5.88. The Kier molecular flexibility index (Phi) is 3.90. The van der Waals surface area contributed by atoms with Crippen molar-refractivity contribution in [2.45, 2.75) is 13.3 Å². The summed E-state index contributed by atoms with van der Waals surface area (Å²) in [6.07, 6.45) is 1.68. The average molecular weight is 259 g/mol. The number of nitrogens with zero attached hydrogens (tertiary/aromatic N) is 1. The van der Waals surface area contributed by atoms with E-state index in [2.05, 4.69) is 4.98 Å². The third kappa shape index (κ3) is 3.16. The Labute approximate surface area is 111 Å². The molecule has 98 valence electrons. The summed E-state index contributed by atoms with van der Waals surface area (Å²) in [5.41, 5.74) is 1.71. The molecule has 4 heteroatoms. The molecule has 3 nitrogen and oxygen atoms in total. The molecule has 0 atom stereocenters. The standard InChI is InChI=1S/C15H14FNO2/c1-10-3-5-13(16)12(7-10)14(18)8-11-4-6-15(19-2)17-9-11/h3-7,9H,8H2,1-2H3. The van der Waals surface area contributed by atoms with Crippen molar-refractivity contribution in [3.05, 3.63) is 59.0 Å². The molecule has 0 aliphatic heterocycles. The lowest BCUT2D eigenvalue weighted by atomic mass is 10.0. The highest BCUT2D eigenvalue weighted by Gasteiger charge is 2.12. The molecule has 1 aromatic heterocycles. The van der Waals surface area contributed by atoms with Gasteiger partial charge in [-0.05, 0) is 24.6 Å². The van der Waals surface area contributed by atoms with Crippen LogP contribution in [-0.2, 0) is 6.42 Å². The number of carbonyl (C=O) groups excluding carboxylic acids is 1. The minimum Gasteiger partial charge on any atom is -0.481 e. The first kappa shape index (κ1) is 13.2. The molecular weight excluding hydrogens is 245 g/mol. The normalized spacial score (nSPS) is 10.3. The molecule has 0 saturated carbocycles. The van der Waals surface area contributed by atoms with Crippen LogP contribution >= 0.6 is 0 Å². The first-order valence-electron chi connectivity index (χ1n) is 5.88. The molecule has 2 rings (SSSR count). The van der Waals surface area contributed by atoms with Crippen molar-refractivity contribution in [2.75, 3.05) is 7.11 Å². The highest BCUT2D eigenvalue weighted by Crippen LogP contribution is 2.14. The average Bonchev–Trinajstić information content (AvgIpc) is 2.42. The molecular formula is C15H14FNO2. The third-order valence-electron chi connectivity index (χ3n) is 2.79. The maximum absolute atomic E-state index is 13.6. The predicted molar refractivity (Wildman–Crippen MR) is 70.0 cm³/mol. The predicted octanol–water partition coefficient (Wildman–Crippen LogP) is 2.96. The van der Waals surface area contributed by atoms with Crippen LogP contribution in [0.3, 0.4) is 0 Å². The van der Waals surface area contributed by atoms with E-state index in [4.69, 9.17) is 4.74 Å². The number of benzene rings is 1. The van der Waals surface area contributed by atoms with Crippen molar-refractivity contribution in [1.29, 1.82) is 0 Å². The largest absolute Gasteiger partial charge is 0.481 e. The quantitative estimate of drug-likeness (QED) is 0.792. The van der Waals surface area contributed by atoms with Gasteiger partial charge in [-0.3, -0.25) is 4.79 Å². The molecule has 0 amide bonds. The number of hydrogen-bond acceptors (Lipinski definition) is 3. The van der Waals surface area contributed by atoms with Gasteiger partial charge in [-0.1, -0.05) is 17.7 Å². The van der Waals surface area contributed by atoms with Gasteiger partial charge in [0.1, 0.15) is 5.82 Å². The summed E-state index contributed by atoms with van der Waals surface area (Å²) < 4.78 is 18.5. The molecule has 1 aromatic carbocycles. The van der Waals surface area contributed by atoms with E-state index in [-0.39, 0.29) is 17.8 Å². The minimum absolute atomic E-state index is 0.121. The van der Waals surface area contributed by atoms with Crippen LogP contribution in [0.1, 0.15) is 21.5 Å². The molecule has 0 fully saturated rings. The van der Waals surface area contributed by atoms with E-state index in [9.17, 15) is 9.18 Å². The van der Waals surface area contributed by atoms with Gasteiger partial charge in [0.05, 0.1) is 12.7 Å². The number of ether oxygens (including phenoxy) is 1. The van der Waals surface area contributed by atoms with E-state index in [0.29, 0.717) is 5.88 Å². The van der Waals surface area contributed by atoms with Crippen LogP contribution in [0.2, 0.25) is 0 Å². The summed E-state index contributed by atoms with van der Waals surface area (Å²) in [5.74, 6) is -0.261. The van der Waals surface area contributed by atoms with Crippen molar-refractivity contribution in [3.8, 4) is 5.88 Å². The lowest BCUT2D eigenvalue weighted by Crippen LogP contribution is -2.07. The number of halogens is 1. The number of Topliss-reactive ketones (excluding diaryl/α,β-unsaturated/α-hetero) is 1. The lowest BCUT2D eigenvalue weighted by molar-refractivity contribution is 0.0989. The van der Waals surface area contributed by atoms with Gasteiger partial charge in [0.2, 0.25) is 5.88 Å². The fourth-order valence-electron chi connectivity index (χ4n) is 1.77. The zero-order chi connectivity index (χ0) is 13.8. The van der Waals surface area contributed by atoms with Gasteiger partial charge in [0.25, 0.3) is 0 Å². The number of aryl methyl sites for hydroxylation is 1. The van der Waals surface area contributed by atoms with Gasteiger partial charge in [0, 0.05) is 18.7 Å². The van der Waals surface area contributed by atoms with E-state index in [1.807, 2.05) is 6.92 Å². The number of ketones is 1. The zero-order valence-electron chi connectivity index (χ0n) is 10.8. The Bertz CT molecular complexity index is 594. The topological polar surface area (TPSA) is 39.2 Å². The van der Waals surface area contributed by atoms with Gasteiger partial charge >= 0.3 is 0 Å². The molecule has 0 radical (unpaired) electrons. The van der Waals surface area contributed by atoms with Gasteiger partial charge in [-0.25, -0.2) is 9.37 Å². The molecule has 0 saturated heterocycles. The summed E-state index contributed by atoms with van der Waals surface area (Å²) >= 11 is 0. The Hall–Kier alpha value is -2.23. The Morgan fingerprint density at radius 3 is 2.74 bits per heavy atom. The molecule has 2 aromatic rings. The van der Waals surface area contributed by atoms with Gasteiger partial charge in [-0.15, -0.1) is 0 Å². The third-order valence-corrected chi connectivity index (χ3v) is 2.79. The van der Waals surface area contributed by atoms with Crippen LogP contribution in [0, 0.1) is 12.7 Å². The second kappa shape index (κ2) is 5.61. The van der Waals surface area contributed by atoms with E-state index < -0.39 is 5.82 Å². The highest BCUT2D eigenvalue weighted by atomic mass is 19.1. The Balaban J connectivity index is 2.18. The smallest absolute Gasteiger partial charge is 0.212 e. The minimum atomic E-state index is -0.489. The second-order valence-electron chi connectivity index (χ2n) is 4.29. The maximum atomic E-state index is 13.6. The second-order valence-corrected chi connectivity index (χ2v) is 4.29. The van der Waals surface area contributed by atoms with Crippen molar-refractivity contribution in [3.63, 3.8) is 0 Å². The first-order chi connectivity index (χ1) is 9.10. The molecule has 0 bridgehead atoms. The Morgan fingerprint density at radius 1 is 1.32 bits per heavy atom. The molecule has 0 unspecified atom stereocenters. The van der Waals surface area contributed by atoms with Crippen LogP contribution in [-0.4, -0.2) is 17.9 Å². The molecule has 0 spiro atoms. The van der Waals surface area contributed by atoms with Crippen molar-refractivity contribution in [1.82, 2.24) is 4.98 Å². The van der Waals surface area contributed by atoms with Crippen LogP contribution in [0.15, 0.2) is 36.5 Å². The number of hydrogen-bond donors (Lipinski definition) is 0. The lowest BCUT2D eigenvalue weighted by Gasteiger charge is -2.05. The number of pyridine rings is 1. The van der Waals surface area contributed by atoms with E-state index in [1.165, 1.54) is 13.2 Å². The highest BCUT2D eigenvalue weighted by molar-refractivity contribution is 5.97. The number of rotatable bonds is 4. The van der Waals surface area contributed by atoms with Gasteiger partial charge in [0.15, 0.2) is 5.78 Å². The Morgan fingerprint density at radius 2 is 2.11 bits per heavy atom. The van der Waals surface area contributed by atoms with Crippen molar-refractivity contribution in [2.24, 2.45) is 0 Å². The summed E-state index contributed by atoms with van der Waals surface area (Å²) in [4.78, 5) is 16.1. The van der Waals surface area contributed by atoms with E-state index >= 15 is 0 Å². The van der Waals surface area contributed by atoms with Crippen molar-refractivity contribution < 1.29 is 13.9 Å². The summed E-state index contributed by atoms with van der Waals surface area (Å²) in [6.45, 7) is 1.82. The molecule has 0 aliphatic rings. The van der Waals surface area contributed by atoms with Gasteiger partial charge < -0.3 is 4.74 Å². The number of aromatic nitrogens is 1. The number of methoxy groups -OCH3 is 1. The molecule has 1 heterocycles. The van der Waals surface area contributed by atoms with Gasteiger partial charge in [-0.2, -0.15) is 0 Å². The van der Waals surface area contributed by atoms with Crippen LogP contribution in [0.25, 0.3) is 0 Å². The SMILES string of the molecule is COc1ccc(CC(=O)c2cc(C)ccc2F)cn1. The van der Waals surface area contributed by atoms with Crippen molar-refractivity contribution >= 4 is 5.78 Å². The summed E-state index contributed by atoms with van der Waals surface area (Å²) in [6, 6.07) is 7.94. The molecule has 0 aliphatic carbocycles. The van der Waals surface area contributed by atoms with Crippen LogP contribution < -0.4 is 4.74 Å². The summed E-state index contributed by atoms with van der Waals surface area (Å²) in [5, 5.41) is 0. The van der Waals surface area contributed by atoms with Crippen LogP contribution in [0.4, 0.5) is 4.39 Å². The molecule has 19 heavy (non-hydrogen) atoms. The van der Waals surface area contributed by atoms with E-state index in [1.54, 1.807) is 30.5 Å². The fraction of sp³-hybridized carbons (Fsp3) is 0.200. The number of carbonyl (C=O) groups is 1. The zero-order valence-corrected chi connectivity index (χ0v) is 10.8. The summed E-state index contributed by atoms with van der Waals surface area (Å²) in [7, 11) is 1.52.